The Labute approximate surface area is 113 Å². The van der Waals surface area contributed by atoms with Gasteiger partial charge in [-0.25, -0.2) is 9.18 Å². The highest BCUT2D eigenvalue weighted by Crippen LogP contribution is 2.31. The predicted molar refractivity (Wildman–Crippen MR) is 62.8 cm³/mol. The first kappa shape index (κ1) is 16.4. The smallest absolute Gasteiger partial charge is 0.419 e. The van der Waals surface area contributed by atoms with Gasteiger partial charge in [0.1, 0.15) is 12.4 Å². The zero-order valence-corrected chi connectivity index (χ0v) is 11.0. The molecule has 0 aliphatic carbocycles. The summed E-state index contributed by atoms with van der Waals surface area (Å²) in [5, 5.41) is 0. The van der Waals surface area contributed by atoms with E-state index in [1.54, 1.807) is 13.8 Å². The molecule has 0 heterocycles. The number of carbonyl (C=O) groups excluding carboxylic acids is 1. The molecule has 1 rings (SSSR count). The molecule has 3 nitrogen and oxygen atoms in total. The van der Waals surface area contributed by atoms with Crippen molar-refractivity contribution in [3.63, 3.8) is 0 Å². The van der Waals surface area contributed by atoms with Crippen molar-refractivity contribution < 1.29 is 31.8 Å². The van der Waals surface area contributed by atoms with Crippen LogP contribution in [-0.4, -0.2) is 25.3 Å². The third-order valence-corrected chi connectivity index (χ3v) is 2.28. The van der Waals surface area contributed by atoms with Crippen LogP contribution in [-0.2, 0) is 15.7 Å². The van der Waals surface area contributed by atoms with E-state index in [1.165, 1.54) is 0 Å². The highest BCUT2D eigenvalue weighted by Gasteiger charge is 2.34. The average Bonchev–Trinajstić information content (AvgIpc) is 2.33. The molecule has 0 amide bonds. The summed E-state index contributed by atoms with van der Waals surface area (Å²) in [4.78, 5) is 11.5. The Hall–Kier alpha value is -1.63. The van der Waals surface area contributed by atoms with Gasteiger partial charge in [-0.15, -0.1) is 0 Å². The number of halogens is 4. The minimum atomic E-state index is -4.86. The van der Waals surface area contributed by atoms with Crippen molar-refractivity contribution in [3.05, 3.63) is 35.1 Å². The van der Waals surface area contributed by atoms with E-state index in [1.807, 2.05) is 0 Å². The Morgan fingerprint density at radius 1 is 1.25 bits per heavy atom. The Morgan fingerprint density at radius 2 is 1.90 bits per heavy atom. The van der Waals surface area contributed by atoms with Crippen LogP contribution in [0.5, 0.6) is 0 Å². The lowest BCUT2D eigenvalue weighted by Gasteiger charge is -2.11. The van der Waals surface area contributed by atoms with Crippen LogP contribution in [0.4, 0.5) is 17.6 Å². The summed E-state index contributed by atoms with van der Waals surface area (Å²) in [6.45, 7) is 3.63. The van der Waals surface area contributed by atoms with Crippen molar-refractivity contribution in [1.29, 1.82) is 0 Å². The summed E-state index contributed by atoms with van der Waals surface area (Å²) in [5.74, 6) is -2.39. The number of esters is 1. The van der Waals surface area contributed by atoms with Crippen molar-refractivity contribution in [2.45, 2.75) is 26.1 Å². The third-order valence-electron chi connectivity index (χ3n) is 2.28. The highest BCUT2D eigenvalue weighted by atomic mass is 19.4. The molecular weight excluding hydrogens is 280 g/mol. The molecule has 7 heteroatoms. The fraction of sp³-hybridized carbons (Fsp3) is 0.462. The quantitative estimate of drug-likeness (QED) is 0.474. The van der Waals surface area contributed by atoms with Crippen LogP contribution < -0.4 is 0 Å². The second-order valence-electron chi connectivity index (χ2n) is 4.25. The van der Waals surface area contributed by atoms with Gasteiger partial charge < -0.3 is 9.47 Å². The van der Waals surface area contributed by atoms with Crippen LogP contribution in [0.25, 0.3) is 0 Å². The molecule has 112 valence electrons. The van der Waals surface area contributed by atoms with Crippen LogP contribution in [0, 0.1) is 5.82 Å². The SMILES string of the molecule is CC(C)OCCOC(=O)c1ccc(F)c(C(F)(F)F)c1. The molecule has 0 atom stereocenters. The number of hydrogen-bond acceptors (Lipinski definition) is 3. The molecule has 0 aliphatic heterocycles. The molecule has 0 spiro atoms. The van der Waals surface area contributed by atoms with Gasteiger partial charge in [0.25, 0.3) is 0 Å². The third kappa shape index (κ3) is 4.80. The standard InChI is InChI=1S/C13H14F4O3/c1-8(2)19-5-6-20-12(18)9-3-4-11(14)10(7-9)13(15,16)17/h3-4,7-8H,5-6H2,1-2H3. The molecule has 1 aromatic carbocycles. The van der Waals surface area contributed by atoms with Crippen molar-refractivity contribution in [1.82, 2.24) is 0 Å². The maximum Gasteiger partial charge on any atom is 0.419 e. The van der Waals surface area contributed by atoms with Gasteiger partial charge in [0.15, 0.2) is 0 Å². The summed E-state index contributed by atoms with van der Waals surface area (Å²) in [7, 11) is 0. The van der Waals surface area contributed by atoms with Crippen LogP contribution in [0.15, 0.2) is 18.2 Å². The normalized spacial score (nSPS) is 11.8. The molecule has 0 aliphatic rings. The lowest BCUT2D eigenvalue weighted by Crippen LogP contribution is -2.15. The van der Waals surface area contributed by atoms with Gasteiger partial charge in [0.2, 0.25) is 0 Å². The van der Waals surface area contributed by atoms with Crippen molar-refractivity contribution in [3.8, 4) is 0 Å². The molecule has 0 unspecified atom stereocenters. The molecule has 1 aromatic rings. The second-order valence-corrected chi connectivity index (χ2v) is 4.25. The molecule has 0 fully saturated rings. The monoisotopic (exact) mass is 294 g/mol. The van der Waals surface area contributed by atoms with Gasteiger partial charge in [-0.1, -0.05) is 0 Å². The molecule has 0 saturated heterocycles. The Kier molecular flexibility index (Phi) is 5.50. The van der Waals surface area contributed by atoms with Crippen LogP contribution in [0.1, 0.15) is 29.8 Å². The van der Waals surface area contributed by atoms with E-state index in [9.17, 15) is 22.4 Å². The molecular formula is C13H14F4O3. The van der Waals surface area contributed by atoms with Crippen molar-refractivity contribution in [2.75, 3.05) is 13.2 Å². The van der Waals surface area contributed by atoms with Gasteiger partial charge in [0.05, 0.1) is 23.8 Å². The van der Waals surface area contributed by atoms with Gasteiger partial charge in [-0.3, -0.25) is 0 Å². The minimum absolute atomic E-state index is 0.0450. The fourth-order valence-corrected chi connectivity index (χ4v) is 1.37. The van der Waals surface area contributed by atoms with E-state index in [-0.39, 0.29) is 24.9 Å². The summed E-state index contributed by atoms with van der Waals surface area (Å²) in [6, 6.07) is 1.96. The van der Waals surface area contributed by atoms with Gasteiger partial charge in [0, 0.05) is 0 Å². The summed E-state index contributed by atoms with van der Waals surface area (Å²) >= 11 is 0. The number of hydrogen-bond donors (Lipinski definition) is 0. The van der Waals surface area contributed by atoms with E-state index in [0.29, 0.717) is 12.1 Å². The van der Waals surface area contributed by atoms with E-state index in [4.69, 9.17) is 9.47 Å². The van der Waals surface area contributed by atoms with E-state index >= 15 is 0 Å². The number of ether oxygens (including phenoxy) is 2. The average molecular weight is 294 g/mol. The van der Waals surface area contributed by atoms with Crippen LogP contribution in [0.2, 0.25) is 0 Å². The molecule has 0 saturated carbocycles. The highest BCUT2D eigenvalue weighted by molar-refractivity contribution is 5.89. The van der Waals surface area contributed by atoms with E-state index < -0.39 is 23.5 Å². The molecule has 20 heavy (non-hydrogen) atoms. The van der Waals surface area contributed by atoms with Crippen molar-refractivity contribution in [2.24, 2.45) is 0 Å². The van der Waals surface area contributed by atoms with Crippen LogP contribution >= 0.6 is 0 Å². The Balaban J connectivity index is 2.70. The maximum absolute atomic E-state index is 13.0. The molecule has 0 N–H and O–H groups in total. The molecule has 0 bridgehead atoms. The number of alkyl halides is 3. The Bertz CT molecular complexity index is 469. The predicted octanol–water partition coefficient (Wildman–Crippen LogP) is 3.43. The summed E-state index contributed by atoms with van der Waals surface area (Å²) < 4.78 is 60.3. The zero-order chi connectivity index (χ0) is 15.3. The summed E-state index contributed by atoms with van der Waals surface area (Å²) in [6.07, 6.45) is -4.91. The number of rotatable bonds is 5. The van der Waals surface area contributed by atoms with Gasteiger partial charge in [-0.05, 0) is 32.0 Å². The first-order valence-electron chi connectivity index (χ1n) is 5.87. The number of benzene rings is 1. The lowest BCUT2D eigenvalue weighted by atomic mass is 10.1. The van der Waals surface area contributed by atoms with Crippen molar-refractivity contribution >= 4 is 5.97 Å². The Morgan fingerprint density at radius 3 is 2.45 bits per heavy atom. The minimum Gasteiger partial charge on any atom is -0.460 e. The molecule has 0 radical (unpaired) electrons. The summed E-state index contributed by atoms with van der Waals surface area (Å²) in [5.41, 5.74) is -1.85. The first-order chi connectivity index (χ1) is 9.21. The largest absolute Gasteiger partial charge is 0.460 e. The molecule has 0 aromatic heterocycles. The lowest BCUT2D eigenvalue weighted by molar-refractivity contribution is -0.140. The van der Waals surface area contributed by atoms with Gasteiger partial charge in [-0.2, -0.15) is 13.2 Å². The van der Waals surface area contributed by atoms with E-state index in [2.05, 4.69) is 0 Å². The zero-order valence-electron chi connectivity index (χ0n) is 11.0. The topological polar surface area (TPSA) is 35.5 Å². The second kappa shape index (κ2) is 6.69. The van der Waals surface area contributed by atoms with Gasteiger partial charge >= 0.3 is 12.1 Å². The number of carbonyl (C=O) groups is 1. The van der Waals surface area contributed by atoms with E-state index in [0.717, 1.165) is 6.07 Å². The van der Waals surface area contributed by atoms with Crippen LogP contribution in [0.3, 0.4) is 0 Å². The maximum atomic E-state index is 13.0. The first-order valence-corrected chi connectivity index (χ1v) is 5.87. The fourth-order valence-electron chi connectivity index (χ4n) is 1.37.